The molecule has 2 heterocycles. The number of para-hydroxylation sites is 2. The third-order valence-corrected chi connectivity index (χ3v) is 3.42. The Morgan fingerprint density at radius 1 is 1.20 bits per heavy atom. The highest BCUT2D eigenvalue weighted by Crippen LogP contribution is 2.24. The van der Waals surface area contributed by atoms with Gasteiger partial charge in [0.1, 0.15) is 5.69 Å². The van der Waals surface area contributed by atoms with Crippen LogP contribution in [0.3, 0.4) is 0 Å². The molecule has 0 aliphatic carbocycles. The molecule has 5 nitrogen and oxygen atoms in total. The van der Waals surface area contributed by atoms with Crippen molar-refractivity contribution in [2.45, 2.75) is 20.0 Å². The van der Waals surface area contributed by atoms with Crippen molar-refractivity contribution in [1.29, 1.82) is 0 Å². The number of hydrogen-bond acceptors (Lipinski definition) is 3. The lowest BCUT2D eigenvalue weighted by Crippen LogP contribution is -2.08. The van der Waals surface area contributed by atoms with Gasteiger partial charge in [-0.25, -0.2) is 4.98 Å². The molecule has 104 valence electrons. The molecule has 0 spiro atoms. The minimum atomic E-state index is 0.660. The normalized spacial score (nSPS) is 11.3. The highest BCUT2D eigenvalue weighted by Gasteiger charge is 2.15. The lowest BCUT2D eigenvalue weighted by Gasteiger charge is -2.09. The standard InChI is InChI=1S/C15H18N4O/c1-3-19-14(8-9-16-19)15-17-12-6-4-5-7-13(12)18(15)10-11-20-2/h4-9H,3,10-11H2,1-2H3. The van der Waals surface area contributed by atoms with Crippen LogP contribution in [0, 0.1) is 0 Å². The lowest BCUT2D eigenvalue weighted by molar-refractivity contribution is 0.188. The molecule has 3 aromatic rings. The maximum atomic E-state index is 5.22. The van der Waals surface area contributed by atoms with Crippen LogP contribution in [0.1, 0.15) is 6.92 Å². The van der Waals surface area contributed by atoms with Gasteiger partial charge >= 0.3 is 0 Å². The Hall–Kier alpha value is -2.14. The van der Waals surface area contributed by atoms with Crippen LogP contribution >= 0.6 is 0 Å². The number of rotatable bonds is 5. The third-order valence-electron chi connectivity index (χ3n) is 3.42. The number of fused-ring (bicyclic) bond motifs is 1. The zero-order chi connectivity index (χ0) is 13.9. The van der Waals surface area contributed by atoms with Crippen molar-refractivity contribution in [3.8, 4) is 11.5 Å². The number of methoxy groups -OCH3 is 1. The van der Waals surface area contributed by atoms with Crippen LogP contribution in [0.15, 0.2) is 36.5 Å². The van der Waals surface area contributed by atoms with E-state index in [1.54, 1.807) is 7.11 Å². The predicted molar refractivity (Wildman–Crippen MR) is 78.5 cm³/mol. The van der Waals surface area contributed by atoms with E-state index in [0.717, 1.165) is 35.6 Å². The van der Waals surface area contributed by atoms with Gasteiger partial charge in [-0.3, -0.25) is 4.68 Å². The number of aromatic nitrogens is 4. The first-order chi connectivity index (χ1) is 9.85. The van der Waals surface area contributed by atoms with Gasteiger partial charge < -0.3 is 9.30 Å². The number of hydrogen-bond donors (Lipinski definition) is 0. The number of aryl methyl sites for hydroxylation is 1. The lowest BCUT2D eigenvalue weighted by atomic mass is 10.3. The van der Waals surface area contributed by atoms with Gasteiger partial charge in [0, 0.05) is 26.4 Å². The van der Waals surface area contributed by atoms with Gasteiger partial charge in [0.2, 0.25) is 0 Å². The zero-order valence-electron chi connectivity index (χ0n) is 11.8. The summed E-state index contributed by atoms with van der Waals surface area (Å²) in [4.78, 5) is 4.76. The highest BCUT2D eigenvalue weighted by atomic mass is 16.5. The van der Waals surface area contributed by atoms with Gasteiger partial charge in [-0.05, 0) is 25.1 Å². The molecule has 5 heteroatoms. The Bertz CT molecular complexity index is 714. The maximum Gasteiger partial charge on any atom is 0.159 e. The molecule has 0 atom stereocenters. The minimum Gasteiger partial charge on any atom is -0.383 e. The van der Waals surface area contributed by atoms with Crippen molar-refractivity contribution in [2.75, 3.05) is 13.7 Å². The molecule has 0 aliphatic rings. The topological polar surface area (TPSA) is 44.9 Å². The number of imidazole rings is 1. The Labute approximate surface area is 117 Å². The Morgan fingerprint density at radius 3 is 2.85 bits per heavy atom. The van der Waals surface area contributed by atoms with Gasteiger partial charge in [-0.1, -0.05) is 12.1 Å². The molecular formula is C15H18N4O. The van der Waals surface area contributed by atoms with Crippen molar-refractivity contribution >= 4 is 11.0 Å². The summed E-state index contributed by atoms with van der Waals surface area (Å²) in [5.74, 6) is 0.947. The molecule has 3 rings (SSSR count). The van der Waals surface area contributed by atoms with E-state index in [4.69, 9.17) is 9.72 Å². The van der Waals surface area contributed by atoms with Crippen LogP contribution in [0.25, 0.3) is 22.6 Å². The minimum absolute atomic E-state index is 0.660. The average Bonchev–Trinajstić information content (AvgIpc) is 3.08. The van der Waals surface area contributed by atoms with Gasteiger partial charge in [0.25, 0.3) is 0 Å². The van der Waals surface area contributed by atoms with Crippen molar-refractivity contribution in [3.63, 3.8) is 0 Å². The first kappa shape index (κ1) is 12.9. The van der Waals surface area contributed by atoms with Crippen LogP contribution in [0.5, 0.6) is 0 Å². The van der Waals surface area contributed by atoms with Crippen LogP contribution in [-0.2, 0) is 17.8 Å². The van der Waals surface area contributed by atoms with Gasteiger partial charge in [0.15, 0.2) is 5.82 Å². The van der Waals surface area contributed by atoms with E-state index < -0.39 is 0 Å². The molecule has 0 unspecified atom stereocenters. The molecule has 0 fully saturated rings. The zero-order valence-corrected chi connectivity index (χ0v) is 11.8. The summed E-state index contributed by atoms with van der Waals surface area (Å²) in [6.07, 6.45) is 1.82. The molecule has 0 radical (unpaired) electrons. The summed E-state index contributed by atoms with van der Waals surface area (Å²) in [5, 5.41) is 4.33. The smallest absolute Gasteiger partial charge is 0.159 e. The fourth-order valence-electron chi connectivity index (χ4n) is 2.45. The summed E-state index contributed by atoms with van der Waals surface area (Å²) in [6, 6.07) is 10.2. The van der Waals surface area contributed by atoms with Crippen molar-refractivity contribution in [2.24, 2.45) is 0 Å². The second kappa shape index (κ2) is 5.46. The molecule has 0 amide bonds. The van der Waals surface area contributed by atoms with Gasteiger partial charge in [-0.2, -0.15) is 5.10 Å². The molecule has 0 saturated heterocycles. The summed E-state index contributed by atoms with van der Waals surface area (Å²) in [7, 11) is 1.72. The SMILES string of the molecule is CCn1nccc1-c1nc2ccccc2n1CCOC. The quantitative estimate of drug-likeness (QED) is 0.715. The van der Waals surface area contributed by atoms with Crippen LogP contribution in [0.4, 0.5) is 0 Å². The fourth-order valence-corrected chi connectivity index (χ4v) is 2.45. The first-order valence-electron chi connectivity index (χ1n) is 6.81. The van der Waals surface area contributed by atoms with Crippen molar-refractivity contribution < 1.29 is 4.74 Å². The Balaban J connectivity index is 2.18. The molecule has 0 aliphatic heterocycles. The second-order valence-electron chi connectivity index (χ2n) is 4.60. The predicted octanol–water partition coefficient (Wildman–Crippen LogP) is 2.57. The summed E-state index contributed by atoms with van der Waals surface area (Å²) in [6.45, 7) is 4.35. The molecular weight excluding hydrogens is 252 g/mol. The van der Waals surface area contributed by atoms with E-state index in [-0.39, 0.29) is 0 Å². The number of benzene rings is 1. The summed E-state index contributed by atoms with van der Waals surface area (Å²) in [5.41, 5.74) is 3.17. The molecule has 20 heavy (non-hydrogen) atoms. The van der Waals surface area contributed by atoms with E-state index in [9.17, 15) is 0 Å². The Morgan fingerprint density at radius 2 is 2.05 bits per heavy atom. The van der Waals surface area contributed by atoms with Crippen LogP contribution < -0.4 is 0 Å². The van der Waals surface area contributed by atoms with Gasteiger partial charge in [0.05, 0.1) is 17.6 Å². The number of nitrogens with zero attached hydrogens (tertiary/aromatic N) is 4. The van der Waals surface area contributed by atoms with Gasteiger partial charge in [-0.15, -0.1) is 0 Å². The van der Waals surface area contributed by atoms with E-state index >= 15 is 0 Å². The second-order valence-corrected chi connectivity index (χ2v) is 4.60. The number of ether oxygens (including phenoxy) is 1. The molecule has 0 bridgehead atoms. The fraction of sp³-hybridized carbons (Fsp3) is 0.333. The van der Waals surface area contributed by atoms with Crippen LogP contribution in [-0.4, -0.2) is 33.0 Å². The molecule has 0 saturated carbocycles. The van der Waals surface area contributed by atoms with E-state index in [1.165, 1.54) is 0 Å². The Kier molecular flexibility index (Phi) is 3.52. The summed E-state index contributed by atoms with van der Waals surface area (Å²) < 4.78 is 9.38. The molecule has 1 aromatic carbocycles. The van der Waals surface area contributed by atoms with Crippen molar-refractivity contribution in [1.82, 2.24) is 19.3 Å². The monoisotopic (exact) mass is 270 g/mol. The van der Waals surface area contributed by atoms with Crippen LogP contribution in [0.2, 0.25) is 0 Å². The largest absolute Gasteiger partial charge is 0.383 e. The van der Waals surface area contributed by atoms with E-state index in [2.05, 4.69) is 22.7 Å². The van der Waals surface area contributed by atoms with Crippen molar-refractivity contribution in [3.05, 3.63) is 36.5 Å². The first-order valence-corrected chi connectivity index (χ1v) is 6.81. The molecule has 2 aromatic heterocycles. The highest BCUT2D eigenvalue weighted by molar-refractivity contribution is 5.80. The average molecular weight is 270 g/mol. The molecule has 0 N–H and O–H groups in total. The maximum absolute atomic E-state index is 5.22. The van der Waals surface area contributed by atoms with E-state index in [0.29, 0.717) is 6.61 Å². The summed E-state index contributed by atoms with van der Waals surface area (Å²) >= 11 is 0. The third kappa shape index (κ3) is 2.10. The van der Waals surface area contributed by atoms with E-state index in [1.807, 2.05) is 35.1 Å².